The molecule has 1 aliphatic rings. The molecule has 1 unspecified atom stereocenters. The number of anilines is 1. The SMILES string of the molecule is CCOc1ccc(-n2c(C)c3c(C)nnc(N4CCN(C(=O)c5ccco5)CC4)c3c2P)cc1. The summed E-state index contributed by atoms with van der Waals surface area (Å²) in [6, 6.07) is 11.6. The van der Waals surface area contributed by atoms with E-state index in [4.69, 9.17) is 9.15 Å². The summed E-state index contributed by atoms with van der Waals surface area (Å²) in [7, 11) is 2.90. The van der Waals surface area contributed by atoms with Gasteiger partial charge in [0.15, 0.2) is 11.6 Å². The number of hydrogen-bond acceptors (Lipinski definition) is 6. The van der Waals surface area contributed by atoms with Crippen LogP contribution in [-0.2, 0) is 0 Å². The fraction of sp³-hybridized carbons (Fsp3) is 0.320. The molecular weight excluding hydrogens is 449 g/mol. The lowest BCUT2D eigenvalue weighted by Crippen LogP contribution is -2.49. The van der Waals surface area contributed by atoms with E-state index in [1.54, 1.807) is 12.1 Å². The molecule has 0 saturated carbocycles. The van der Waals surface area contributed by atoms with Crippen LogP contribution in [0, 0.1) is 13.8 Å². The van der Waals surface area contributed by atoms with Crippen LogP contribution >= 0.6 is 9.24 Å². The minimum Gasteiger partial charge on any atom is -0.494 e. The second-order valence-electron chi connectivity index (χ2n) is 8.35. The Bertz CT molecular complexity index is 1320. The van der Waals surface area contributed by atoms with Crippen molar-refractivity contribution < 1.29 is 13.9 Å². The molecule has 1 amide bonds. The van der Waals surface area contributed by atoms with E-state index < -0.39 is 0 Å². The van der Waals surface area contributed by atoms with E-state index in [0.29, 0.717) is 38.5 Å². The Kier molecular flexibility index (Phi) is 6.00. The van der Waals surface area contributed by atoms with Crippen molar-refractivity contribution in [2.75, 3.05) is 37.7 Å². The molecule has 1 atom stereocenters. The third-order valence-corrected chi connectivity index (χ3v) is 6.88. The van der Waals surface area contributed by atoms with Crippen LogP contribution in [0.2, 0.25) is 0 Å². The van der Waals surface area contributed by atoms with Crippen molar-refractivity contribution in [3.63, 3.8) is 0 Å². The predicted octanol–water partition coefficient (Wildman–Crippen LogP) is 3.49. The highest BCUT2D eigenvalue weighted by Gasteiger charge is 2.28. The Labute approximate surface area is 200 Å². The number of amides is 1. The van der Waals surface area contributed by atoms with Crippen molar-refractivity contribution in [1.29, 1.82) is 0 Å². The zero-order chi connectivity index (χ0) is 23.8. The minimum absolute atomic E-state index is 0.0750. The molecule has 176 valence electrons. The maximum absolute atomic E-state index is 12.7. The predicted molar refractivity (Wildman–Crippen MR) is 136 cm³/mol. The Morgan fingerprint density at radius 3 is 2.44 bits per heavy atom. The van der Waals surface area contributed by atoms with E-state index in [-0.39, 0.29) is 5.91 Å². The Morgan fingerprint density at radius 1 is 1.06 bits per heavy atom. The molecule has 4 heterocycles. The topological polar surface area (TPSA) is 76.6 Å². The van der Waals surface area contributed by atoms with Gasteiger partial charge >= 0.3 is 0 Å². The van der Waals surface area contributed by atoms with Crippen molar-refractivity contribution in [3.05, 3.63) is 59.8 Å². The van der Waals surface area contributed by atoms with Crippen molar-refractivity contribution in [2.45, 2.75) is 20.8 Å². The molecule has 0 N–H and O–H groups in total. The number of carbonyl (C=O) groups excluding carboxylic acids is 1. The highest BCUT2D eigenvalue weighted by atomic mass is 31.0. The van der Waals surface area contributed by atoms with Crippen molar-refractivity contribution in [3.8, 4) is 11.4 Å². The first-order valence-electron chi connectivity index (χ1n) is 11.4. The first-order valence-corrected chi connectivity index (χ1v) is 12.0. The molecule has 0 spiro atoms. The maximum Gasteiger partial charge on any atom is 0.289 e. The standard InChI is InChI=1S/C25H28N5O3P/c1-4-32-19-9-7-18(8-10-19)30-17(3)21-16(2)26-27-23(22(21)25(30)34)28-11-13-29(14-12-28)24(31)20-6-5-15-33-20/h5-10,15H,4,11-14,34H2,1-3H3. The van der Waals surface area contributed by atoms with Gasteiger partial charge in [-0.15, -0.1) is 5.10 Å². The number of aryl methyl sites for hydroxylation is 2. The summed E-state index contributed by atoms with van der Waals surface area (Å²) >= 11 is 0. The second-order valence-corrected chi connectivity index (χ2v) is 8.90. The van der Waals surface area contributed by atoms with Gasteiger partial charge in [-0.3, -0.25) is 4.79 Å². The molecule has 1 aromatic carbocycles. The van der Waals surface area contributed by atoms with E-state index in [1.165, 1.54) is 6.26 Å². The lowest BCUT2D eigenvalue weighted by molar-refractivity contribution is 0.0714. The normalized spacial score (nSPS) is 14.1. The molecule has 1 fully saturated rings. The third-order valence-electron chi connectivity index (χ3n) is 6.33. The van der Waals surface area contributed by atoms with Crippen molar-refractivity contribution in [2.24, 2.45) is 0 Å². The number of furan rings is 1. The average molecular weight is 478 g/mol. The largest absolute Gasteiger partial charge is 0.494 e. The fourth-order valence-corrected chi connectivity index (χ4v) is 5.31. The molecule has 3 aromatic heterocycles. The number of carbonyl (C=O) groups is 1. The fourth-order valence-electron chi connectivity index (χ4n) is 4.69. The van der Waals surface area contributed by atoms with Gasteiger partial charge in [0, 0.05) is 42.9 Å². The number of hydrogen-bond donors (Lipinski definition) is 0. The number of nitrogens with zero attached hydrogens (tertiary/aromatic N) is 5. The molecule has 0 radical (unpaired) electrons. The average Bonchev–Trinajstić information content (AvgIpc) is 3.48. The van der Waals surface area contributed by atoms with Crippen molar-refractivity contribution >= 4 is 37.2 Å². The van der Waals surface area contributed by atoms with E-state index in [9.17, 15) is 4.79 Å². The van der Waals surface area contributed by atoms with Crippen LogP contribution in [0.15, 0.2) is 47.1 Å². The van der Waals surface area contributed by atoms with Gasteiger partial charge in [0.2, 0.25) is 0 Å². The molecule has 0 bridgehead atoms. The number of aromatic nitrogens is 3. The van der Waals surface area contributed by atoms with Gasteiger partial charge in [-0.2, -0.15) is 5.10 Å². The second kappa shape index (κ2) is 9.11. The van der Waals surface area contributed by atoms with E-state index in [0.717, 1.165) is 44.9 Å². The first-order chi connectivity index (χ1) is 16.5. The summed E-state index contributed by atoms with van der Waals surface area (Å²) in [5.41, 5.74) is 4.11. The number of fused-ring (bicyclic) bond motifs is 1. The monoisotopic (exact) mass is 477 g/mol. The van der Waals surface area contributed by atoms with Gasteiger partial charge in [0.1, 0.15) is 5.75 Å². The van der Waals surface area contributed by atoms with Gasteiger partial charge < -0.3 is 23.5 Å². The van der Waals surface area contributed by atoms with Crippen LogP contribution in [0.4, 0.5) is 5.82 Å². The van der Waals surface area contributed by atoms with Crippen LogP contribution < -0.4 is 15.1 Å². The summed E-state index contributed by atoms with van der Waals surface area (Å²) in [6.07, 6.45) is 1.53. The summed E-state index contributed by atoms with van der Waals surface area (Å²) in [4.78, 5) is 16.7. The third kappa shape index (κ3) is 3.82. The van der Waals surface area contributed by atoms with Gasteiger partial charge in [-0.05, 0) is 57.2 Å². The Hall–Kier alpha value is -3.38. The molecule has 8 nitrogen and oxygen atoms in total. The van der Waals surface area contributed by atoms with Gasteiger partial charge in [0.05, 0.1) is 29.4 Å². The lowest BCUT2D eigenvalue weighted by Gasteiger charge is -2.35. The summed E-state index contributed by atoms with van der Waals surface area (Å²) in [5, 5.41) is 11.3. The van der Waals surface area contributed by atoms with Crippen LogP contribution in [-0.4, -0.2) is 58.4 Å². The minimum atomic E-state index is -0.0750. The van der Waals surface area contributed by atoms with E-state index in [1.807, 2.05) is 30.9 Å². The zero-order valence-electron chi connectivity index (χ0n) is 19.6. The number of rotatable bonds is 5. The Morgan fingerprint density at radius 2 is 1.79 bits per heavy atom. The maximum atomic E-state index is 12.7. The van der Waals surface area contributed by atoms with Crippen LogP contribution in [0.5, 0.6) is 5.75 Å². The van der Waals surface area contributed by atoms with Gasteiger partial charge in [-0.1, -0.05) is 9.24 Å². The van der Waals surface area contributed by atoms with E-state index >= 15 is 0 Å². The highest BCUT2D eigenvalue weighted by molar-refractivity contribution is 7.28. The molecular formula is C25H28N5O3P. The van der Waals surface area contributed by atoms with E-state index in [2.05, 4.69) is 48.0 Å². The number of ether oxygens (including phenoxy) is 1. The highest BCUT2D eigenvalue weighted by Crippen LogP contribution is 2.32. The summed E-state index contributed by atoms with van der Waals surface area (Å²) in [5.74, 6) is 2.01. The first kappa shape index (κ1) is 22.4. The summed E-state index contributed by atoms with van der Waals surface area (Å²) < 4.78 is 13.1. The van der Waals surface area contributed by atoms with Crippen LogP contribution in [0.3, 0.4) is 0 Å². The lowest BCUT2D eigenvalue weighted by atomic mass is 10.1. The molecule has 9 heteroatoms. The smallest absolute Gasteiger partial charge is 0.289 e. The zero-order valence-corrected chi connectivity index (χ0v) is 20.8. The van der Waals surface area contributed by atoms with Crippen LogP contribution in [0.1, 0.15) is 28.9 Å². The molecule has 1 aliphatic heterocycles. The quantitative estimate of drug-likeness (QED) is 0.410. The molecule has 0 aliphatic carbocycles. The van der Waals surface area contributed by atoms with Gasteiger partial charge in [0.25, 0.3) is 5.91 Å². The molecule has 4 aromatic rings. The molecule has 1 saturated heterocycles. The Balaban J connectivity index is 1.48. The molecule has 5 rings (SSSR count). The van der Waals surface area contributed by atoms with Gasteiger partial charge in [-0.25, -0.2) is 0 Å². The van der Waals surface area contributed by atoms with Crippen LogP contribution in [0.25, 0.3) is 16.5 Å². The number of benzene rings is 1. The number of piperazine rings is 1. The molecule has 34 heavy (non-hydrogen) atoms. The summed E-state index contributed by atoms with van der Waals surface area (Å²) in [6.45, 7) is 9.29. The van der Waals surface area contributed by atoms with Crippen molar-refractivity contribution in [1.82, 2.24) is 19.7 Å².